The molecule has 0 aromatic heterocycles. The third-order valence-corrected chi connectivity index (χ3v) is 6.37. The van der Waals surface area contributed by atoms with Gasteiger partial charge in [0, 0.05) is 51.4 Å². The van der Waals surface area contributed by atoms with E-state index in [1.807, 2.05) is 7.05 Å². The molecule has 0 saturated carbocycles. The number of rotatable bonds is 6. The van der Waals surface area contributed by atoms with Crippen molar-refractivity contribution in [3.8, 4) is 0 Å². The van der Waals surface area contributed by atoms with E-state index in [4.69, 9.17) is 0 Å². The van der Waals surface area contributed by atoms with Crippen LogP contribution in [0.15, 0.2) is 29.3 Å². The van der Waals surface area contributed by atoms with Crippen LogP contribution in [0.1, 0.15) is 51.2 Å². The van der Waals surface area contributed by atoms with Gasteiger partial charge < -0.3 is 15.5 Å². The Morgan fingerprint density at radius 2 is 1.83 bits per heavy atom. The average Bonchev–Trinajstić information content (AvgIpc) is 2.72. The molecule has 2 N–H and O–H groups in total. The fourth-order valence-corrected chi connectivity index (χ4v) is 4.43. The predicted molar refractivity (Wildman–Crippen MR) is 134 cm³/mol. The van der Waals surface area contributed by atoms with Crippen molar-refractivity contribution in [1.82, 2.24) is 20.4 Å². The Kier molecular flexibility index (Phi) is 9.69. The molecule has 0 radical (unpaired) electrons. The third kappa shape index (κ3) is 6.82. The first-order chi connectivity index (χ1) is 13.5. The van der Waals surface area contributed by atoms with Crippen molar-refractivity contribution in [2.45, 2.75) is 64.6 Å². The van der Waals surface area contributed by atoms with Gasteiger partial charge in [-0.15, -0.1) is 24.0 Å². The lowest BCUT2D eigenvalue weighted by Crippen LogP contribution is -2.56. The maximum absolute atomic E-state index is 4.48. The van der Waals surface area contributed by atoms with E-state index < -0.39 is 0 Å². The van der Waals surface area contributed by atoms with Crippen molar-refractivity contribution < 1.29 is 0 Å². The summed E-state index contributed by atoms with van der Waals surface area (Å²) in [4.78, 5) is 9.66. The minimum Gasteiger partial charge on any atom is -0.355 e. The lowest BCUT2D eigenvalue weighted by molar-refractivity contribution is 0.107. The van der Waals surface area contributed by atoms with Crippen molar-refractivity contribution in [2.24, 2.45) is 4.99 Å². The van der Waals surface area contributed by atoms with E-state index in [0.29, 0.717) is 6.04 Å². The summed E-state index contributed by atoms with van der Waals surface area (Å²) in [6, 6.07) is 9.39. The minimum atomic E-state index is 0. The fraction of sp³-hybridized carbons (Fsp3) is 0.696. The molecule has 0 spiro atoms. The number of aliphatic imine (C=N–C) groups is 1. The number of halogens is 1. The molecule has 0 unspecified atom stereocenters. The Morgan fingerprint density at radius 3 is 2.48 bits per heavy atom. The summed E-state index contributed by atoms with van der Waals surface area (Å²) in [5, 5.41) is 7.25. The van der Waals surface area contributed by atoms with E-state index in [2.05, 4.69) is 70.5 Å². The van der Waals surface area contributed by atoms with Gasteiger partial charge in [0.1, 0.15) is 0 Å². The van der Waals surface area contributed by atoms with Crippen LogP contribution in [-0.2, 0) is 13.0 Å². The molecule has 29 heavy (non-hydrogen) atoms. The molecule has 1 saturated heterocycles. The number of hydrogen-bond acceptors (Lipinski definition) is 3. The number of piperidine rings is 1. The van der Waals surface area contributed by atoms with Crippen LogP contribution < -0.4 is 10.6 Å². The predicted octanol–water partition coefficient (Wildman–Crippen LogP) is 3.48. The maximum Gasteiger partial charge on any atom is 0.191 e. The topological polar surface area (TPSA) is 42.9 Å². The third-order valence-electron chi connectivity index (χ3n) is 6.37. The van der Waals surface area contributed by atoms with Gasteiger partial charge in [-0.2, -0.15) is 0 Å². The maximum atomic E-state index is 4.48. The molecule has 0 aliphatic carbocycles. The lowest BCUT2D eigenvalue weighted by atomic mass is 9.94. The largest absolute Gasteiger partial charge is 0.355 e. The number of nitrogens with zero attached hydrogens (tertiary/aromatic N) is 3. The van der Waals surface area contributed by atoms with Crippen molar-refractivity contribution in [1.29, 1.82) is 0 Å². The van der Waals surface area contributed by atoms with Crippen molar-refractivity contribution in [2.75, 3.05) is 39.8 Å². The summed E-state index contributed by atoms with van der Waals surface area (Å²) in [5.41, 5.74) is 3.06. The number of likely N-dealkylation sites (tertiary alicyclic amines) is 1. The average molecular weight is 514 g/mol. The Labute approximate surface area is 194 Å². The van der Waals surface area contributed by atoms with Gasteiger partial charge in [0.25, 0.3) is 0 Å². The molecular formula is C23H40IN5. The Morgan fingerprint density at radius 1 is 1.14 bits per heavy atom. The van der Waals surface area contributed by atoms with E-state index in [1.54, 1.807) is 0 Å². The Balaban J connectivity index is 0.00000300. The van der Waals surface area contributed by atoms with E-state index in [0.717, 1.165) is 32.0 Å². The monoisotopic (exact) mass is 513 g/mol. The first-order valence-electron chi connectivity index (χ1n) is 11.0. The van der Waals surface area contributed by atoms with Gasteiger partial charge >= 0.3 is 0 Å². The quantitative estimate of drug-likeness (QED) is 0.348. The molecule has 164 valence electrons. The molecule has 3 rings (SSSR count). The minimum absolute atomic E-state index is 0. The van der Waals surface area contributed by atoms with Crippen LogP contribution in [0.25, 0.3) is 0 Å². The summed E-state index contributed by atoms with van der Waals surface area (Å²) in [7, 11) is 1.88. The van der Waals surface area contributed by atoms with Crippen molar-refractivity contribution >= 4 is 29.9 Å². The second-order valence-electron chi connectivity index (χ2n) is 8.94. The first kappa shape index (κ1) is 24.4. The van der Waals surface area contributed by atoms with Gasteiger partial charge in [0.2, 0.25) is 0 Å². The van der Waals surface area contributed by atoms with Gasteiger partial charge in [-0.25, -0.2) is 0 Å². The molecule has 2 aliphatic rings. The van der Waals surface area contributed by atoms with E-state index in [9.17, 15) is 0 Å². The number of benzene rings is 1. The molecular weight excluding hydrogens is 473 g/mol. The highest BCUT2D eigenvalue weighted by molar-refractivity contribution is 14.0. The van der Waals surface area contributed by atoms with Crippen LogP contribution in [0, 0.1) is 0 Å². The second-order valence-corrected chi connectivity index (χ2v) is 8.94. The SMILES string of the molecule is CCCN1CCC(NC(=NC)NCC(C)(C)N2CCc3ccccc3C2)CC1.I. The summed E-state index contributed by atoms with van der Waals surface area (Å²) in [6.45, 7) is 13.6. The van der Waals surface area contributed by atoms with Crippen LogP contribution in [0.4, 0.5) is 0 Å². The Hall–Kier alpha value is -0.860. The highest BCUT2D eigenvalue weighted by Gasteiger charge is 2.30. The number of nitrogens with one attached hydrogen (secondary N) is 2. The zero-order chi connectivity index (χ0) is 20.0. The number of guanidine groups is 1. The number of fused-ring (bicyclic) bond motifs is 1. The van der Waals surface area contributed by atoms with Crippen LogP contribution in [0.3, 0.4) is 0 Å². The summed E-state index contributed by atoms with van der Waals surface area (Å²) < 4.78 is 0. The van der Waals surface area contributed by atoms with Gasteiger partial charge in [-0.05, 0) is 57.2 Å². The molecule has 1 fully saturated rings. The first-order valence-corrected chi connectivity index (χ1v) is 11.0. The summed E-state index contributed by atoms with van der Waals surface area (Å²) >= 11 is 0. The summed E-state index contributed by atoms with van der Waals surface area (Å²) in [6.07, 6.45) is 4.79. The molecule has 0 atom stereocenters. The lowest BCUT2D eigenvalue weighted by Gasteiger charge is -2.42. The molecule has 2 aliphatic heterocycles. The van der Waals surface area contributed by atoms with Crippen LogP contribution in [-0.4, -0.2) is 67.1 Å². The molecule has 1 aromatic carbocycles. The molecule has 0 bridgehead atoms. The van der Waals surface area contributed by atoms with Crippen molar-refractivity contribution in [3.63, 3.8) is 0 Å². The van der Waals surface area contributed by atoms with E-state index >= 15 is 0 Å². The van der Waals surface area contributed by atoms with Crippen molar-refractivity contribution in [3.05, 3.63) is 35.4 Å². The zero-order valence-electron chi connectivity index (χ0n) is 18.7. The van der Waals surface area contributed by atoms with Crippen LogP contribution in [0.2, 0.25) is 0 Å². The van der Waals surface area contributed by atoms with Crippen LogP contribution >= 0.6 is 24.0 Å². The number of hydrogen-bond donors (Lipinski definition) is 2. The smallest absolute Gasteiger partial charge is 0.191 e. The highest BCUT2D eigenvalue weighted by Crippen LogP contribution is 2.25. The summed E-state index contributed by atoms with van der Waals surface area (Å²) in [5.74, 6) is 0.944. The molecule has 1 aromatic rings. The van der Waals surface area contributed by atoms with E-state index in [1.165, 1.54) is 50.0 Å². The fourth-order valence-electron chi connectivity index (χ4n) is 4.43. The normalized spacial score (nSPS) is 19.4. The van der Waals surface area contributed by atoms with E-state index in [-0.39, 0.29) is 29.5 Å². The van der Waals surface area contributed by atoms with Gasteiger partial charge in [-0.1, -0.05) is 31.2 Å². The molecule has 6 heteroatoms. The standard InChI is InChI=1S/C23H39N5.HI/c1-5-13-27-14-11-21(12-15-27)26-22(24-4)25-18-23(2,3)28-16-10-19-8-6-7-9-20(19)17-28;/h6-9,21H,5,10-18H2,1-4H3,(H2,24,25,26);1H. The molecule has 0 amide bonds. The zero-order valence-corrected chi connectivity index (χ0v) is 21.0. The van der Waals surface area contributed by atoms with Gasteiger partial charge in [0.15, 0.2) is 5.96 Å². The van der Waals surface area contributed by atoms with Crippen LogP contribution in [0.5, 0.6) is 0 Å². The molecule has 5 nitrogen and oxygen atoms in total. The van der Waals surface area contributed by atoms with Gasteiger partial charge in [-0.3, -0.25) is 9.89 Å². The second kappa shape index (κ2) is 11.5. The Bertz CT molecular complexity index is 652. The molecule has 2 heterocycles. The highest BCUT2D eigenvalue weighted by atomic mass is 127. The van der Waals surface area contributed by atoms with Gasteiger partial charge in [0.05, 0.1) is 0 Å².